The number of fused-ring (bicyclic) bond motifs is 1. The number of hydrogen-bond donors (Lipinski definition) is 2. The lowest BCUT2D eigenvalue weighted by molar-refractivity contribution is -0.122. The molecule has 1 amide bonds. The second kappa shape index (κ2) is 13.3. The molecule has 1 aromatic heterocycles. The van der Waals surface area contributed by atoms with E-state index in [0.29, 0.717) is 30.9 Å². The van der Waals surface area contributed by atoms with Crippen LogP contribution < -0.4 is 15.5 Å². The molecule has 1 saturated carbocycles. The van der Waals surface area contributed by atoms with Crippen molar-refractivity contribution in [1.29, 1.82) is 0 Å². The van der Waals surface area contributed by atoms with Gasteiger partial charge in [0.05, 0.1) is 10.9 Å². The number of aromatic nitrogens is 2. The average Bonchev–Trinajstić information content (AvgIpc) is 3.07. The van der Waals surface area contributed by atoms with E-state index in [1.165, 1.54) is 0 Å². The van der Waals surface area contributed by atoms with Gasteiger partial charge in [0.25, 0.3) is 0 Å². The van der Waals surface area contributed by atoms with Crippen LogP contribution in [0, 0.1) is 5.92 Å². The molecule has 0 saturated heterocycles. The Morgan fingerprint density at radius 3 is 1.80 bits per heavy atom. The molecular weight excluding hydrogens is 542 g/mol. The Kier molecular flexibility index (Phi) is 8.87. The van der Waals surface area contributed by atoms with Gasteiger partial charge in [-0.25, -0.2) is 4.98 Å². The van der Waals surface area contributed by atoms with Gasteiger partial charge in [0.1, 0.15) is 5.82 Å². The average molecular weight is 584 g/mol. The number of rotatable bonds is 10. The van der Waals surface area contributed by atoms with Crippen LogP contribution in [0.4, 0.5) is 11.8 Å². The minimum Gasteiger partial charge on any atom is -0.362 e. The van der Waals surface area contributed by atoms with E-state index in [-0.39, 0.29) is 5.91 Å². The maximum Gasteiger partial charge on any atom is 0.225 e. The number of para-hydroxylation sites is 1. The largest absolute Gasteiger partial charge is 0.362 e. The molecule has 1 heterocycles. The minimum atomic E-state index is -0.583. The lowest BCUT2D eigenvalue weighted by atomic mass is 9.67. The summed E-state index contributed by atoms with van der Waals surface area (Å²) in [4.78, 5) is 25.4. The molecular formula is C38H41N5O. The van der Waals surface area contributed by atoms with Gasteiger partial charge in [-0.15, -0.1) is 0 Å². The zero-order valence-electron chi connectivity index (χ0n) is 25.6. The minimum absolute atomic E-state index is 0.0718. The summed E-state index contributed by atoms with van der Waals surface area (Å²) in [5.41, 5.74) is 3.72. The molecule has 6 heteroatoms. The van der Waals surface area contributed by atoms with Crippen LogP contribution in [0.25, 0.3) is 10.9 Å². The van der Waals surface area contributed by atoms with E-state index in [1.807, 2.05) is 55.4 Å². The predicted octanol–water partition coefficient (Wildman–Crippen LogP) is 7.21. The maximum absolute atomic E-state index is 13.8. The second-order valence-electron chi connectivity index (χ2n) is 12.1. The second-order valence-corrected chi connectivity index (χ2v) is 12.1. The lowest BCUT2D eigenvalue weighted by Crippen LogP contribution is -2.39. The van der Waals surface area contributed by atoms with Crippen LogP contribution in [0.15, 0.2) is 115 Å². The van der Waals surface area contributed by atoms with Crippen LogP contribution in [0.1, 0.15) is 48.8 Å². The van der Waals surface area contributed by atoms with Gasteiger partial charge in [0, 0.05) is 38.5 Å². The van der Waals surface area contributed by atoms with Crippen molar-refractivity contribution in [3.63, 3.8) is 0 Å². The smallest absolute Gasteiger partial charge is 0.225 e. The van der Waals surface area contributed by atoms with Crippen LogP contribution in [-0.4, -0.2) is 42.6 Å². The molecule has 0 spiro atoms. The van der Waals surface area contributed by atoms with Crippen LogP contribution in [0.2, 0.25) is 0 Å². The maximum atomic E-state index is 13.8. The summed E-state index contributed by atoms with van der Waals surface area (Å²) in [6, 6.07) is 39.8. The van der Waals surface area contributed by atoms with Crippen molar-refractivity contribution in [3.05, 3.63) is 132 Å². The van der Waals surface area contributed by atoms with Crippen molar-refractivity contribution in [3.8, 4) is 0 Å². The molecule has 0 bridgehead atoms. The third-order valence-electron chi connectivity index (χ3n) is 9.00. The summed E-state index contributed by atoms with van der Waals surface area (Å²) >= 11 is 0. The van der Waals surface area contributed by atoms with Gasteiger partial charge in [-0.2, -0.15) is 4.98 Å². The molecule has 44 heavy (non-hydrogen) atoms. The van der Waals surface area contributed by atoms with Crippen LogP contribution in [0.3, 0.4) is 0 Å². The highest BCUT2D eigenvalue weighted by Crippen LogP contribution is 2.42. The van der Waals surface area contributed by atoms with Gasteiger partial charge in [-0.3, -0.25) is 4.79 Å². The number of carbonyl (C=O) groups is 1. The Morgan fingerprint density at radius 1 is 0.727 bits per heavy atom. The highest BCUT2D eigenvalue weighted by atomic mass is 16.1. The highest BCUT2D eigenvalue weighted by Gasteiger charge is 2.38. The molecule has 224 valence electrons. The van der Waals surface area contributed by atoms with Crippen molar-refractivity contribution in [2.24, 2.45) is 5.92 Å². The van der Waals surface area contributed by atoms with Gasteiger partial charge < -0.3 is 15.5 Å². The fraction of sp³-hybridized carbons (Fsp3) is 0.289. The van der Waals surface area contributed by atoms with Crippen molar-refractivity contribution in [2.45, 2.75) is 43.6 Å². The normalized spacial score (nSPS) is 16.8. The molecule has 0 aliphatic heterocycles. The number of carbonyl (C=O) groups excluding carboxylic acids is 1. The van der Waals surface area contributed by atoms with Gasteiger partial charge in [0.2, 0.25) is 11.9 Å². The standard InChI is InChI=1S/C38H41N5O/c1-43(2)36-33-20-12-13-21-34(33)41-37(42-36)40-32-24-22-28(23-25-32)27-39-35(44)26-38(29-14-6-3-7-15-29,30-16-8-4-9-17-30)31-18-10-5-11-19-31/h3-21,28,32H,22-27H2,1-2H3,(H,39,44)(H,40,41,42)/t28-,32+. The molecule has 2 N–H and O–H groups in total. The first-order valence-electron chi connectivity index (χ1n) is 15.7. The van der Waals surface area contributed by atoms with E-state index >= 15 is 0 Å². The quantitative estimate of drug-likeness (QED) is 0.170. The Morgan fingerprint density at radius 2 is 1.25 bits per heavy atom. The first kappa shape index (κ1) is 29.4. The SMILES string of the molecule is CN(C)c1nc(N[C@H]2CC[C@@H](CNC(=O)CC(c3ccccc3)(c3ccccc3)c3ccccc3)CC2)nc2ccccc12. The number of hydrogen-bond acceptors (Lipinski definition) is 5. The summed E-state index contributed by atoms with van der Waals surface area (Å²) in [7, 11) is 4.03. The number of amides is 1. The van der Waals surface area contributed by atoms with E-state index in [9.17, 15) is 4.79 Å². The summed E-state index contributed by atoms with van der Waals surface area (Å²) < 4.78 is 0. The van der Waals surface area contributed by atoms with Gasteiger partial charge in [0.15, 0.2) is 0 Å². The van der Waals surface area contributed by atoms with Crippen molar-refractivity contribution < 1.29 is 4.79 Å². The number of anilines is 2. The molecule has 6 rings (SSSR count). The first-order valence-corrected chi connectivity index (χ1v) is 15.7. The fourth-order valence-electron chi connectivity index (χ4n) is 6.69. The molecule has 0 radical (unpaired) electrons. The van der Waals surface area contributed by atoms with Crippen molar-refractivity contribution >= 4 is 28.6 Å². The van der Waals surface area contributed by atoms with Crippen LogP contribution >= 0.6 is 0 Å². The highest BCUT2D eigenvalue weighted by molar-refractivity contribution is 5.90. The molecule has 5 aromatic rings. The van der Waals surface area contributed by atoms with Crippen molar-refractivity contribution in [1.82, 2.24) is 15.3 Å². The van der Waals surface area contributed by atoms with E-state index in [0.717, 1.165) is 59.1 Å². The molecule has 1 aliphatic rings. The van der Waals surface area contributed by atoms with E-state index in [1.54, 1.807) is 0 Å². The fourth-order valence-corrected chi connectivity index (χ4v) is 6.69. The van der Waals surface area contributed by atoms with Crippen LogP contribution in [-0.2, 0) is 10.2 Å². The summed E-state index contributed by atoms with van der Waals surface area (Å²) in [6.45, 7) is 0.692. The first-order chi connectivity index (χ1) is 21.5. The van der Waals surface area contributed by atoms with E-state index in [4.69, 9.17) is 9.97 Å². The molecule has 4 aromatic carbocycles. The molecule has 6 nitrogen and oxygen atoms in total. The van der Waals surface area contributed by atoms with Gasteiger partial charge in [-0.1, -0.05) is 103 Å². The zero-order chi connectivity index (χ0) is 30.4. The van der Waals surface area contributed by atoms with Gasteiger partial charge in [-0.05, 0) is 60.4 Å². The van der Waals surface area contributed by atoms with E-state index < -0.39 is 5.41 Å². The summed E-state index contributed by atoms with van der Waals surface area (Å²) in [5.74, 6) is 2.13. The predicted molar refractivity (Wildman–Crippen MR) is 180 cm³/mol. The number of nitrogens with one attached hydrogen (secondary N) is 2. The summed E-state index contributed by atoms with van der Waals surface area (Å²) in [6.07, 6.45) is 4.49. The Hall–Kier alpha value is -4.71. The van der Waals surface area contributed by atoms with E-state index in [2.05, 4.69) is 89.5 Å². The number of benzene rings is 4. The zero-order valence-corrected chi connectivity index (χ0v) is 25.6. The Balaban J connectivity index is 1.12. The van der Waals surface area contributed by atoms with Crippen molar-refractivity contribution in [2.75, 3.05) is 30.9 Å². The molecule has 1 fully saturated rings. The topological polar surface area (TPSA) is 70.2 Å². The molecule has 0 atom stereocenters. The Bertz CT molecular complexity index is 1570. The lowest BCUT2D eigenvalue weighted by Gasteiger charge is -2.36. The molecule has 1 aliphatic carbocycles. The third kappa shape index (κ3) is 6.30. The monoisotopic (exact) mass is 583 g/mol. The van der Waals surface area contributed by atoms with Crippen LogP contribution in [0.5, 0.6) is 0 Å². The molecule has 0 unspecified atom stereocenters. The third-order valence-corrected chi connectivity index (χ3v) is 9.00. The Labute approximate surface area is 260 Å². The number of nitrogens with zero attached hydrogens (tertiary/aromatic N) is 3. The summed E-state index contributed by atoms with van der Waals surface area (Å²) in [5, 5.41) is 7.99. The van der Waals surface area contributed by atoms with Gasteiger partial charge >= 0.3 is 0 Å².